The van der Waals surface area contributed by atoms with Crippen LogP contribution in [0.1, 0.15) is 68.5 Å². The minimum absolute atomic E-state index is 0.538. The van der Waals surface area contributed by atoms with Crippen molar-refractivity contribution in [1.29, 1.82) is 0 Å². The van der Waals surface area contributed by atoms with Gasteiger partial charge in [-0.25, -0.2) is 4.98 Å². The van der Waals surface area contributed by atoms with Gasteiger partial charge in [-0.1, -0.05) is 40.0 Å². The lowest BCUT2D eigenvalue weighted by Gasteiger charge is -2.17. The second kappa shape index (κ2) is 8.86. The molecule has 0 radical (unpaired) electrons. The van der Waals surface area contributed by atoms with Crippen LogP contribution in [0.3, 0.4) is 0 Å². The van der Waals surface area contributed by atoms with Crippen molar-refractivity contribution in [2.75, 3.05) is 13.1 Å². The van der Waals surface area contributed by atoms with Crippen LogP contribution in [0.2, 0.25) is 0 Å². The molecule has 0 aromatic carbocycles. The summed E-state index contributed by atoms with van der Waals surface area (Å²) in [7, 11) is 0. The van der Waals surface area contributed by atoms with Crippen molar-refractivity contribution < 1.29 is 0 Å². The van der Waals surface area contributed by atoms with E-state index < -0.39 is 0 Å². The Morgan fingerprint density at radius 3 is 2.52 bits per heavy atom. The van der Waals surface area contributed by atoms with Gasteiger partial charge in [0.2, 0.25) is 0 Å². The van der Waals surface area contributed by atoms with Crippen molar-refractivity contribution >= 4 is 11.3 Å². The minimum atomic E-state index is 0.538. The smallest absolute Gasteiger partial charge is 0.107 e. The number of aryl methyl sites for hydroxylation is 1. The predicted octanol–water partition coefficient (Wildman–Crippen LogP) is 3.97. The molecule has 0 atom stereocenters. The Balaban J connectivity index is 1.99. The molecule has 0 saturated carbocycles. The molecular weight excluding hydrogens is 278 g/mol. The molecule has 0 spiro atoms. The van der Waals surface area contributed by atoms with Gasteiger partial charge in [0.05, 0.1) is 12.2 Å². The third kappa shape index (κ3) is 5.68. The second-order valence-electron chi connectivity index (χ2n) is 6.45. The summed E-state index contributed by atoms with van der Waals surface area (Å²) in [5.41, 5.74) is 1.33. The van der Waals surface area contributed by atoms with E-state index in [9.17, 15) is 0 Å². The van der Waals surface area contributed by atoms with Crippen LogP contribution in [0, 0.1) is 0 Å². The van der Waals surface area contributed by atoms with Gasteiger partial charge < -0.3 is 5.32 Å². The zero-order valence-electron chi connectivity index (χ0n) is 14.0. The molecule has 120 valence electrons. The fourth-order valence-electron chi connectivity index (χ4n) is 2.86. The van der Waals surface area contributed by atoms with Crippen LogP contribution in [0.25, 0.3) is 0 Å². The van der Waals surface area contributed by atoms with E-state index in [-0.39, 0.29) is 0 Å². The number of thiazole rings is 1. The first kappa shape index (κ1) is 16.9. The van der Waals surface area contributed by atoms with Gasteiger partial charge in [0.1, 0.15) is 5.01 Å². The Labute approximate surface area is 134 Å². The van der Waals surface area contributed by atoms with Crippen LogP contribution in [-0.4, -0.2) is 29.0 Å². The van der Waals surface area contributed by atoms with Crippen LogP contribution < -0.4 is 5.32 Å². The maximum Gasteiger partial charge on any atom is 0.107 e. The van der Waals surface area contributed by atoms with Crippen molar-refractivity contribution in [2.24, 2.45) is 0 Å². The number of rotatable bonds is 7. The summed E-state index contributed by atoms with van der Waals surface area (Å²) in [5.74, 6) is 0. The molecule has 1 saturated heterocycles. The first-order chi connectivity index (χ1) is 10.2. The summed E-state index contributed by atoms with van der Waals surface area (Å²) in [6.45, 7) is 11.2. The van der Waals surface area contributed by atoms with E-state index in [0.29, 0.717) is 6.04 Å². The van der Waals surface area contributed by atoms with Crippen molar-refractivity contribution in [3.8, 4) is 0 Å². The highest BCUT2D eigenvalue weighted by Gasteiger charge is 2.15. The van der Waals surface area contributed by atoms with E-state index in [2.05, 4.69) is 31.0 Å². The molecule has 2 rings (SSSR count). The average molecular weight is 310 g/mol. The first-order valence-corrected chi connectivity index (χ1v) is 9.44. The lowest BCUT2D eigenvalue weighted by atomic mass is 10.2. The fraction of sp³-hybridized carbons (Fsp3) is 0.824. The topological polar surface area (TPSA) is 28.2 Å². The van der Waals surface area contributed by atoms with E-state index in [4.69, 9.17) is 4.98 Å². The van der Waals surface area contributed by atoms with Gasteiger partial charge in [0.25, 0.3) is 0 Å². The van der Waals surface area contributed by atoms with Gasteiger partial charge in [-0.3, -0.25) is 4.90 Å². The van der Waals surface area contributed by atoms with E-state index in [1.165, 1.54) is 60.8 Å². The molecule has 1 aliphatic heterocycles. The van der Waals surface area contributed by atoms with Crippen LogP contribution in [0.4, 0.5) is 0 Å². The number of nitrogens with zero attached hydrogens (tertiary/aromatic N) is 2. The van der Waals surface area contributed by atoms with Crippen LogP contribution in [0.5, 0.6) is 0 Å². The molecule has 1 aromatic rings. The quantitative estimate of drug-likeness (QED) is 0.826. The number of hydrogen-bond acceptors (Lipinski definition) is 4. The highest BCUT2D eigenvalue weighted by Crippen LogP contribution is 2.22. The summed E-state index contributed by atoms with van der Waals surface area (Å²) >= 11 is 1.93. The van der Waals surface area contributed by atoms with Gasteiger partial charge >= 0.3 is 0 Å². The van der Waals surface area contributed by atoms with Crippen LogP contribution in [-0.2, 0) is 19.5 Å². The number of aromatic nitrogens is 1. The molecule has 1 N–H and O–H groups in total. The maximum absolute atomic E-state index is 4.94. The van der Waals surface area contributed by atoms with Crippen molar-refractivity contribution in [2.45, 2.75) is 78.4 Å². The number of hydrogen-bond donors (Lipinski definition) is 1. The lowest BCUT2D eigenvalue weighted by molar-refractivity contribution is 0.276. The van der Waals surface area contributed by atoms with E-state index in [0.717, 1.165) is 19.5 Å². The monoisotopic (exact) mass is 309 g/mol. The summed E-state index contributed by atoms with van der Waals surface area (Å²) < 4.78 is 0. The van der Waals surface area contributed by atoms with E-state index >= 15 is 0 Å². The van der Waals surface area contributed by atoms with Crippen LogP contribution in [0.15, 0.2) is 0 Å². The summed E-state index contributed by atoms with van der Waals surface area (Å²) in [6.07, 6.45) is 7.81. The average Bonchev–Trinajstić information content (AvgIpc) is 2.65. The van der Waals surface area contributed by atoms with Gasteiger partial charge in [-0.2, -0.15) is 0 Å². The lowest BCUT2D eigenvalue weighted by Crippen LogP contribution is -2.23. The number of likely N-dealkylation sites (tertiary alicyclic amines) is 1. The maximum atomic E-state index is 4.94. The molecule has 4 heteroatoms. The van der Waals surface area contributed by atoms with Crippen molar-refractivity contribution in [1.82, 2.24) is 15.2 Å². The predicted molar refractivity (Wildman–Crippen MR) is 91.8 cm³/mol. The minimum Gasteiger partial charge on any atom is -0.310 e. The molecule has 1 aliphatic rings. The molecule has 0 unspecified atom stereocenters. The Hall–Kier alpha value is -0.450. The Bertz CT molecular complexity index is 406. The normalized spacial score (nSPS) is 17.3. The molecule has 3 nitrogen and oxygen atoms in total. The van der Waals surface area contributed by atoms with Crippen molar-refractivity contribution in [3.05, 3.63) is 15.6 Å². The van der Waals surface area contributed by atoms with E-state index in [1.54, 1.807) is 0 Å². The molecular formula is C17H31N3S. The van der Waals surface area contributed by atoms with Gasteiger partial charge in [-0.05, 0) is 32.4 Å². The molecule has 1 aromatic heterocycles. The van der Waals surface area contributed by atoms with Crippen molar-refractivity contribution in [3.63, 3.8) is 0 Å². The largest absolute Gasteiger partial charge is 0.310 e. The summed E-state index contributed by atoms with van der Waals surface area (Å²) in [5, 5.41) is 4.86. The molecule has 2 heterocycles. The van der Waals surface area contributed by atoms with Gasteiger partial charge in [0, 0.05) is 17.5 Å². The molecule has 0 aliphatic carbocycles. The zero-order chi connectivity index (χ0) is 15.1. The SMILES string of the molecule is CCCc1nc(CN2CCCCCC2)sc1CNC(C)C. The third-order valence-electron chi connectivity index (χ3n) is 4.04. The van der Waals surface area contributed by atoms with E-state index in [1.807, 2.05) is 11.3 Å². The number of nitrogens with one attached hydrogen (secondary N) is 1. The molecule has 0 bridgehead atoms. The highest BCUT2D eigenvalue weighted by molar-refractivity contribution is 7.11. The van der Waals surface area contributed by atoms with Gasteiger partial charge in [-0.15, -0.1) is 11.3 Å². The molecule has 21 heavy (non-hydrogen) atoms. The Kier molecular flexibility index (Phi) is 7.14. The summed E-state index contributed by atoms with van der Waals surface area (Å²) in [4.78, 5) is 8.99. The van der Waals surface area contributed by atoms with Gasteiger partial charge in [0.15, 0.2) is 0 Å². The standard InChI is InChI=1S/C17H31N3S/c1-4-9-15-16(12-18-14(2)3)21-17(19-15)13-20-10-7-5-6-8-11-20/h14,18H,4-13H2,1-3H3. The second-order valence-corrected chi connectivity index (χ2v) is 7.62. The van der Waals surface area contributed by atoms with Crippen LogP contribution >= 0.6 is 11.3 Å². The molecule has 1 fully saturated rings. The summed E-state index contributed by atoms with van der Waals surface area (Å²) in [6, 6.07) is 0.538. The first-order valence-electron chi connectivity index (χ1n) is 8.62. The fourth-order valence-corrected chi connectivity index (χ4v) is 3.97. The zero-order valence-corrected chi connectivity index (χ0v) is 14.8. The Morgan fingerprint density at radius 1 is 1.19 bits per heavy atom. The third-order valence-corrected chi connectivity index (χ3v) is 5.12. The Morgan fingerprint density at radius 2 is 1.90 bits per heavy atom. The highest BCUT2D eigenvalue weighted by atomic mass is 32.1. The molecule has 0 amide bonds.